The zero-order valence-corrected chi connectivity index (χ0v) is 18.0. The maximum Gasteiger partial charge on any atom is 0.234 e. The molecule has 0 spiro atoms. The molecule has 1 N–H and O–H groups in total. The molecule has 0 bridgehead atoms. The van der Waals surface area contributed by atoms with Crippen LogP contribution < -0.4 is 5.32 Å². The molecule has 1 saturated heterocycles. The van der Waals surface area contributed by atoms with Crippen molar-refractivity contribution < 1.29 is 9.53 Å². The number of aromatic nitrogens is 2. The van der Waals surface area contributed by atoms with Crippen molar-refractivity contribution in [1.29, 1.82) is 5.26 Å². The van der Waals surface area contributed by atoms with Crippen LogP contribution in [-0.2, 0) is 22.5 Å². The molecule has 31 heavy (non-hydrogen) atoms. The molecular formula is C24H24N4O2S. The first kappa shape index (κ1) is 21.2. The average molecular weight is 433 g/mol. The third kappa shape index (κ3) is 5.54. The van der Waals surface area contributed by atoms with E-state index >= 15 is 0 Å². The molecular weight excluding hydrogens is 408 g/mol. The van der Waals surface area contributed by atoms with Crippen LogP contribution in [0.4, 0.5) is 5.69 Å². The van der Waals surface area contributed by atoms with E-state index in [0.717, 1.165) is 53.7 Å². The summed E-state index contributed by atoms with van der Waals surface area (Å²) >= 11 is 1.43. The summed E-state index contributed by atoms with van der Waals surface area (Å²) in [6.45, 7) is 1.53. The summed E-state index contributed by atoms with van der Waals surface area (Å²) in [6.07, 6.45) is 4.54. The van der Waals surface area contributed by atoms with E-state index in [-0.39, 0.29) is 17.8 Å². The molecule has 2 heterocycles. The number of amides is 1. The monoisotopic (exact) mass is 432 g/mol. The molecule has 1 amide bonds. The fraction of sp³-hybridized carbons (Fsp3) is 0.292. The van der Waals surface area contributed by atoms with E-state index in [1.807, 2.05) is 48.7 Å². The number of benzene rings is 2. The van der Waals surface area contributed by atoms with Gasteiger partial charge in [0.05, 0.1) is 42.8 Å². The normalized spacial score (nSPS) is 15.5. The number of nitrogens with zero attached hydrogens (tertiary/aromatic N) is 3. The number of ether oxygens (including phenoxy) is 1. The first-order valence-corrected chi connectivity index (χ1v) is 11.3. The molecule has 1 fully saturated rings. The molecule has 1 aliphatic rings. The summed E-state index contributed by atoms with van der Waals surface area (Å²) in [4.78, 5) is 17.1. The van der Waals surface area contributed by atoms with Crippen LogP contribution >= 0.6 is 11.8 Å². The molecule has 0 aliphatic carbocycles. The van der Waals surface area contributed by atoms with Crippen LogP contribution in [0.25, 0.3) is 11.3 Å². The van der Waals surface area contributed by atoms with E-state index in [2.05, 4.69) is 33.1 Å². The van der Waals surface area contributed by atoms with Gasteiger partial charge >= 0.3 is 0 Å². The van der Waals surface area contributed by atoms with Gasteiger partial charge in [0, 0.05) is 12.3 Å². The number of imidazole rings is 1. The highest BCUT2D eigenvalue weighted by atomic mass is 32.2. The third-order valence-corrected chi connectivity index (χ3v) is 6.14. The Morgan fingerprint density at radius 1 is 1.23 bits per heavy atom. The van der Waals surface area contributed by atoms with Gasteiger partial charge in [-0.1, -0.05) is 54.2 Å². The number of nitrogens with one attached hydrogen (secondary N) is 1. The highest BCUT2D eigenvalue weighted by molar-refractivity contribution is 7.99. The van der Waals surface area contributed by atoms with Crippen LogP contribution in [0.3, 0.4) is 0 Å². The highest BCUT2D eigenvalue weighted by Gasteiger charge is 2.21. The Morgan fingerprint density at radius 3 is 2.74 bits per heavy atom. The largest absolute Gasteiger partial charge is 0.376 e. The van der Waals surface area contributed by atoms with Crippen LogP contribution in [0.1, 0.15) is 18.4 Å². The van der Waals surface area contributed by atoms with Crippen LogP contribution in [0.5, 0.6) is 0 Å². The van der Waals surface area contributed by atoms with Crippen LogP contribution in [0.15, 0.2) is 66.0 Å². The van der Waals surface area contributed by atoms with Crippen LogP contribution in [-0.4, -0.2) is 33.9 Å². The molecule has 6 nitrogen and oxygen atoms in total. The smallest absolute Gasteiger partial charge is 0.234 e. The predicted octanol–water partition coefficient (Wildman–Crippen LogP) is 4.53. The van der Waals surface area contributed by atoms with Crippen molar-refractivity contribution in [3.8, 4) is 17.3 Å². The van der Waals surface area contributed by atoms with Crippen molar-refractivity contribution in [2.45, 2.75) is 37.1 Å². The summed E-state index contributed by atoms with van der Waals surface area (Å²) in [6, 6.07) is 19.6. The Balaban J connectivity index is 1.44. The van der Waals surface area contributed by atoms with Gasteiger partial charge in [-0.25, -0.2) is 4.98 Å². The summed E-state index contributed by atoms with van der Waals surface area (Å²) in [5.41, 5.74) is 3.79. The van der Waals surface area contributed by atoms with Crippen molar-refractivity contribution in [3.63, 3.8) is 0 Å². The quantitative estimate of drug-likeness (QED) is 0.529. The standard InChI is InChI=1S/C24H24N4O2S/c25-13-12-18-8-10-20(11-9-18)27-23(29)17-31-24-26-15-22(19-5-2-1-3-6-19)28(24)16-21-7-4-14-30-21/h1-3,5-6,8-11,15,21H,4,7,12,14,16-17H2,(H,27,29). The molecule has 3 aromatic rings. The lowest BCUT2D eigenvalue weighted by Gasteiger charge is -2.16. The van der Waals surface area contributed by atoms with Crippen molar-refractivity contribution >= 4 is 23.4 Å². The topological polar surface area (TPSA) is 79.9 Å². The Bertz CT molecular complexity index is 1050. The molecule has 158 valence electrons. The van der Waals surface area contributed by atoms with E-state index in [1.54, 1.807) is 0 Å². The van der Waals surface area contributed by atoms with Gasteiger partial charge < -0.3 is 14.6 Å². The van der Waals surface area contributed by atoms with Crippen molar-refractivity contribution in [2.75, 3.05) is 17.7 Å². The van der Waals surface area contributed by atoms with Crippen LogP contribution in [0.2, 0.25) is 0 Å². The number of thioether (sulfide) groups is 1. The average Bonchev–Trinajstić information content (AvgIpc) is 3.45. The minimum absolute atomic E-state index is 0.0917. The number of hydrogen-bond acceptors (Lipinski definition) is 5. The SMILES string of the molecule is N#CCc1ccc(NC(=O)CSc2ncc(-c3ccccc3)n2CC2CCCO2)cc1. The zero-order valence-electron chi connectivity index (χ0n) is 17.2. The molecule has 4 rings (SSSR count). The van der Waals surface area contributed by atoms with E-state index in [1.165, 1.54) is 11.8 Å². The van der Waals surface area contributed by atoms with Gasteiger partial charge in [0.1, 0.15) is 0 Å². The minimum atomic E-state index is -0.0917. The van der Waals surface area contributed by atoms with Crippen molar-refractivity contribution in [3.05, 3.63) is 66.4 Å². The second-order valence-corrected chi connectivity index (χ2v) is 8.35. The Kier molecular flexibility index (Phi) is 7.03. The second kappa shape index (κ2) is 10.3. The van der Waals surface area contributed by atoms with Gasteiger partial charge in [-0.05, 0) is 36.1 Å². The first-order chi connectivity index (χ1) is 15.2. The maximum atomic E-state index is 12.5. The molecule has 1 atom stereocenters. The summed E-state index contributed by atoms with van der Waals surface area (Å²) in [5, 5.41) is 12.5. The van der Waals surface area contributed by atoms with Gasteiger partial charge in [-0.3, -0.25) is 4.79 Å². The third-order valence-electron chi connectivity index (χ3n) is 5.15. The summed E-state index contributed by atoms with van der Waals surface area (Å²) < 4.78 is 8.01. The summed E-state index contributed by atoms with van der Waals surface area (Å²) in [7, 11) is 0. The lowest BCUT2D eigenvalue weighted by Crippen LogP contribution is -2.18. The first-order valence-electron chi connectivity index (χ1n) is 10.3. The Morgan fingerprint density at radius 2 is 2.03 bits per heavy atom. The molecule has 1 aliphatic heterocycles. The van der Waals surface area contributed by atoms with Gasteiger partial charge in [0.25, 0.3) is 0 Å². The molecule has 0 saturated carbocycles. The number of rotatable bonds is 8. The predicted molar refractivity (Wildman–Crippen MR) is 122 cm³/mol. The number of nitriles is 1. The Hall–Kier alpha value is -3.08. The fourth-order valence-corrected chi connectivity index (χ4v) is 4.39. The van der Waals surface area contributed by atoms with E-state index in [0.29, 0.717) is 6.42 Å². The maximum absolute atomic E-state index is 12.5. The lowest BCUT2D eigenvalue weighted by molar-refractivity contribution is -0.113. The van der Waals surface area contributed by atoms with Gasteiger partial charge in [0.2, 0.25) is 5.91 Å². The van der Waals surface area contributed by atoms with Gasteiger partial charge in [-0.15, -0.1) is 0 Å². The van der Waals surface area contributed by atoms with Crippen LogP contribution in [0, 0.1) is 11.3 Å². The number of anilines is 1. The number of hydrogen-bond donors (Lipinski definition) is 1. The number of carbonyl (C=O) groups excluding carboxylic acids is 1. The van der Waals surface area contributed by atoms with Crippen molar-refractivity contribution in [1.82, 2.24) is 9.55 Å². The second-order valence-electron chi connectivity index (χ2n) is 7.41. The highest BCUT2D eigenvalue weighted by Crippen LogP contribution is 2.28. The molecule has 0 radical (unpaired) electrons. The summed E-state index contributed by atoms with van der Waals surface area (Å²) in [5.74, 6) is 0.169. The lowest BCUT2D eigenvalue weighted by atomic mass is 10.1. The fourth-order valence-electron chi connectivity index (χ4n) is 3.61. The van der Waals surface area contributed by atoms with E-state index < -0.39 is 0 Å². The minimum Gasteiger partial charge on any atom is -0.376 e. The Labute approximate surface area is 186 Å². The molecule has 1 unspecified atom stereocenters. The molecule has 2 aromatic carbocycles. The van der Waals surface area contributed by atoms with Gasteiger partial charge in [0.15, 0.2) is 5.16 Å². The molecule has 1 aromatic heterocycles. The number of carbonyl (C=O) groups is 1. The molecule has 7 heteroatoms. The van der Waals surface area contributed by atoms with Gasteiger partial charge in [-0.2, -0.15) is 5.26 Å². The van der Waals surface area contributed by atoms with Crippen molar-refractivity contribution in [2.24, 2.45) is 0 Å². The zero-order chi connectivity index (χ0) is 21.5. The van der Waals surface area contributed by atoms with E-state index in [4.69, 9.17) is 10.00 Å². The van der Waals surface area contributed by atoms with E-state index in [9.17, 15) is 4.79 Å².